The Morgan fingerprint density at radius 3 is 2.62 bits per heavy atom. The standard InChI is InChI=1S/C19H18N2O2S/c1-12-10-18(22)23-17-11-15(8-9-16(12)17)21-19(24)20-13(2)14-6-4-3-5-7-14/h3-11,13H,1-2H3,(H2,20,21,24). The second-order valence-corrected chi connectivity index (χ2v) is 6.10. The van der Waals surface area contributed by atoms with Gasteiger partial charge in [0.2, 0.25) is 0 Å². The smallest absolute Gasteiger partial charge is 0.336 e. The number of anilines is 1. The van der Waals surface area contributed by atoms with Crippen molar-refractivity contribution in [1.82, 2.24) is 5.32 Å². The third-order valence-corrected chi connectivity index (χ3v) is 4.08. The zero-order chi connectivity index (χ0) is 17.1. The van der Waals surface area contributed by atoms with Gasteiger partial charge >= 0.3 is 5.63 Å². The number of fused-ring (bicyclic) bond motifs is 1. The fourth-order valence-corrected chi connectivity index (χ4v) is 2.89. The van der Waals surface area contributed by atoms with Gasteiger partial charge in [-0.15, -0.1) is 0 Å². The van der Waals surface area contributed by atoms with Crippen molar-refractivity contribution in [3.8, 4) is 0 Å². The summed E-state index contributed by atoms with van der Waals surface area (Å²) in [6.07, 6.45) is 0. The topological polar surface area (TPSA) is 54.3 Å². The molecule has 4 nitrogen and oxygen atoms in total. The Labute approximate surface area is 145 Å². The molecule has 3 rings (SSSR count). The van der Waals surface area contributed by atoms with E-state index in [-0.39, 0.29) is 11.7 Å². The lowest BCUT2D eigenvalue weighted by Gasteiger charge is -2.17. The molecule has 0 aliphatic rings. The number of nitrogens with one attached hydrogen (secondary N) is 2. The van der Waals surface area contributed by atoms with Crippen LogP contribution in [0.25, 0.3) is 11.0 Å². The number of aryl methyl sites for hydroxylation is 1. The van der Waals surface area contributed by atoms with Gasteiger partial charge in [-0.25, -0.2) is 4.79 Å². The quantitative estimate of drug-likeness (QED) is 0.555. The molecule has 1 atom stereocenters. The average molecular weight is 338 g/mol. The van der Waals surface area contributed by atoms with Gasteiger partial charge in [0.25, 0.3) is 0 Å². The predicted molar refractivity (Wildman–Crippen MR) is 101 cm³/mol. The monoisotopic (exact) mass is 338 g/mol. The molecule has 0 amide bonds. The first-order valence-electron chi connectivity index (χ1n) is 7.70. The molecule has 0 fully saturated rings. The number of benzene rings is 2. The third-order valence-electron chi connectivity index (χ3n) is 3.86. The zero-order valence-corrected chi connectivity index (χ0v) is 14.3. The highest BCUT2D eigenvalue weighted by Crippen LogP contribution is 2.21. The Bertz CT molecular complexity index is 935. The molecule has 0 radical (unpaired) electrons. The van der Waals surface area contributed by atoms with Crippen molar-refractivity contribution in [2.24, 2.45) is 0 Å². The Kier molecular flexibility index (Phi) is 4.62. The molecule has 1 heterocycles. The van der Waals surface area contributed by atoms with E-state index in [1.165, 1.54) is 6.07 Å². The molecule has 2 aromatic carbocycles. The first-order valence-corrected chi connectivity index (χ1v) is 8.11. The van der Waals surface area contributed by atoms with E-state index in [2.05, 4.69) is 10.6 Å². The highest BCUT2D eigenvalue weighted by atomic mass is 32.1. The summed E-state index contributed by atoms with van der Waals surface area (Å²) in [5.41, 5.74) is 3.02. The minimum atomic E-state index is -0.351. The summed E-state index contributed by atoms with van der Waals surface area (Å²) in [7, 11) is 0. The van der Waals surface area contributed by atoms with E-state index in [0.717, 1.165) is 22.2 Å². The number of hydrogen-bond acceptors (Lipinski definition) is 3. The molecule has 1 unspecified atom stereocenters. The number of thiocarbonyl (C=S) groups is 1. The highest BCUT2D eigenvalue weighted by molar-refractivity contribution is 7.80. The lowest BCUT2D eigenvalue weighted by atomic mass is 10.1. The molecule has 0 aliphatic carbocycles. The summed E-state index contributed by atoms with van der Waals surface area (Å²) in [4.78, 5) is 11.5. The molecule has 0 saturated carbocycles. The van der Waals surface area contributed by atoms with Crippen LogP contribution in [0.15, 0.2) is 63.8 Å². The summed E-state index contributed by atoms with van der Waals surface area (Å²) in [6.45, 7) is 3.94. The molecule has 0 spiro atoms. The van der Waals surface area contributed by atoms with Crippen LogP contribution in [0.5, 0.6) is 0 Å². The molecule has 0 aliphatic heterocycles. The lowest BCUT2D eigenvalue weighted by molar-refractivity contribution is 0.560. The molecule has 0 saturated heterocycles. The van der Waals surface area contributed by atoms with E-state index < -0.39 is 0 Å². The minimum Gasteiger partial charge on any atom is -0.423 e. The van der Waals surface area contributed by atoms with Crippen molar-refractivity contribution in [1.29, 1.82) is 0 Å². The van der Waals surface area contributed by atoms with Gasteiger partial charge in [-0.1, -0.05) is 30.3 Å². The van der Waals surface area contributed by atoms with Gasteiger partial charge in [0.15, 0.2) is 5.11 Å². The third kappa shape index (κ3) is 3.63. The molecule has 1 aromatic heterocycles. The second-order valence-electron chi connectivity index (χ2n) is 5.69. The van der Waals surface area contributed by atoms with Gasteiger partial charge in [0.05, 0.1) is 6.04 Å². The van der Waals surface area contributed by atoms with Gasteiger partial charge in [-0.05, 0) is 49.3 Å². The van der Waals surface area contributed by atoms with Crippen LogP contribution in [0, 0.1) is 6.92 Å². The fraction of sp³-hybridized carbons (Fsp3) is 0.158. The number of rotatable bonds is 3. The summed E-state index contributed by atoms with van der Waals surface area (Å²) >= 11 is 5.37. The van der Waals surface area contributed by atoms with Gasteiger partial charge in [-0.2, -0.15) is 0 Å². The van der Waals surface area contributed by atoms with Crippen molar-refractivity contribution in [2.45, 2.75) is 19.9 Å². The first-order chi connectivity index (χ1) is 11.5. The predicted octanol–water partition coefficient (Wildman–Crippen LogP) is 4.15. The van der Waals surface area contributed by atoms with Crippen LogP contribution in [-0.2, 0) is 0 Å². The maximum absolute atomic E-state index is 11.5. The van der Waals surface area contributed by atoms with Crippen LogP contribution in [0.2, 0.25) is 0 Å². The normalized spacial score (nSPS) is 11.9. The zero-order valence-electron chi connectivity index (χ0n) is 13.5. The van der Waals surface area contributed by atoms with Crippen molar-refractivity contribution in [3.63, 3.8) is 0 Å². The van der Waals surface area contributed by atoms with E-state index in [9.17, 15) is 4.79 Å². The Hall–Kier alpha value is -2.66. The maximum Gasteiger partial charge on any atom is 0.336 e. The van der Waals surface area contributed by atoms with Crippen LogP contribution in [0.4, 0.5) is 5.69 Å². The molecule has 122 valence electrons. The molecule has 3 aromatic rings. The molecular formula is C19H18N2O2S. The van der Waals surface area contributed by atoms with Crippen LogP contribution < -0.4 is 16.3 Å². The SMILES string of the molecule is Cc1cc(=O)oc2cc(NC(=S)NC(C)c3ccccc3)ccc12. The second kappa shape index (κ2) is 6.84. The van der Waals surface area contributed by atoms with Crippen molar-refractivity contribution in [3.05, 3.63) is 76.1 Å². The molecular weight excluding hydrogens is 320 g/mol. The summed E-state index contributed by atoms with van der Waals surface area (Å²) in [6, 6.07) is 17.3. The molecule has 0 bridgehead atoms. The fourth-order valence-electron chi connectivity index (χ4n) is 2.59. The maximum atomic E-state index is 11.5. The Morgan fingerprint density at radius 1 is 1.12 bits per heavy atom. The molecule has 2 N–H and O–H groups in total. The largest absolute Gasteiger partial charge is 0.423 e. The van der Waals surface area contributed by atoms with E-state index >= 15 is 0 Å². The number of hydrogen-bond donors (Lipinski definition) is 2. The minimum absolute atomic E-state index is 0.0897. The van der Waals surface area contributed by atoms with Gasteiger partial charge in [-0.3, -0.25) is 0 Å². The Balaban J connectivity index is 1.75. The summed E-state index contributed by atoms with van der Waals surface area (Å²) in [5, 5.41) is 7.80. The van der Waals surface area contributed by atoms with Crippen LogP contribution in [0.1, 0.15) is 24.1 Å². The highest BCUT2D eigenvalue weighted by Gasteiger charge is 2.08. The lowest BCUT2D eigenvalue weighted by Crippen LogP contribution is -2.30. The van der Waals surface area contributed by atoms with E-state index in [0.29, 0.717) is 10.7 Å². The van der Waals surface area contributed by atoms with Crippen molar-refractivity contribution < 1.29 is 4.42 Å². The Morgan fingerprint density at radius 2 is 1.88 bits per heavy atom. The van der Waals surface area contributed by atoms with E-state index in [1.807, 2.05) is 56.3 Å². The van der Waals surface area contributed by atoms with Crippen molar-refractivity contribution in [2.75, 3.05) is 5.32 Å². The van der Waals surface area contributed by atoms with E-state index in [4.69, 9.17) is 16.6 Å². The van der Waals surface area contributed by atoms with Gasteiger partial charge < -0.3 is 15.1 Å². The van der Waals surface area contributed by atoms with Crippen molar-refractivity contribution >= 4 is 34.0 Å². The van der Waals surface area contributed by atoms with Crippen LogP contribution in [-0.4, -0.2) is 5.11 Å². The van der Waals surface area contributed by atoms with Gasteiger partial charge in [0.1, 0.15) is 5.58 Å². The van der Waals surface area contributed by atoms with E-state index in [1.54, 1.807) is 6.07 Å². The first kappa shape index (κ1) is 16.2. The van der Waals surface area contributed by atoms with Crippen LogP contribution >= 0.6 is 12.2 Å². The summed E-state index contributed by atoms with van der Waals surface area (Å²) in [5.74, 6) is 0. The van der Waals surface area contributed by atoms with Crippen LogP contribution in [0.3, 0.4) is 0 Å². The summed E-state index contributed by atoms with van der Waals surface area (Å²) < 4.78 is 5.26. The average Bonchev–Trinajstić information content (AvgIpc) is 2.55. The molecule has 24 heavy (non-hydrogen) atoms. The molecule has 5 heteroatoms. The van der Waals surface area contributed by atoms with Gasteiger partial charge in [0, 0.05) is 23.2 Å².